The minimum Gasteiger partial charge on any atom is -0.394 e. The smallest absolute Gasteiger partial charge is 0.146 e. The number of aliphatic hydroxyl groups excluding tert-OH is 1. The van der Waals surface area contributed by atoms with Crippen molar-refractivity contribution in [3.05, 3.63) is 22.3 Å². The van der Waals surface area contributed by atoms with Crippen LogP contribution in [0.1, 0.15) is 12.0 Å². The number of aromatic nitrogens is 1. The Morgan fingerprint density at radius 3 is 3.12 bits per heavy atom. The summed E-state index contributed by atoms with van der Waals surface area (Å²) in [4.78, 5) is 5.80. The second-order valence-electron chi connectivity index (χ2n) is 3.96. The van der Waals surface area contributed by atoms with Crippen molar-refractivity contribution in [3.63, 3.8) is 0 Å². The van der Waals surface area contributed by atoms with E-state index < -0.39 is 6.17 Å². The Morgan fingerprint density at radius 2 is 2.47 bits per heavy atom. The molecule has 6 heteroatoms. The van der Waals surface area contributed by atoms with Crippen molar-refractivity contribution >= 4 is 21.7 Å². The molecule has 1 fully saturated rings. The third-order valence-electron chi connectivity index (χ3n) is 2.80. The van der Waals surface area contributed by atoms with Crippen LogP contribution in [-0.2, 0) is 0 Å². The van der Waals surface area contributed by atoms with Crippen LogP contribution in [0.3, 0.4) is 0 Å². The van der Waals surface area contributed by atoms with Crippen molar-refractivity contribution in [2.45, 2.75) is 18.6 Å². The largest absolute Gasteiger partial charge is 0.394 e. The van der Waals surface area contributed by atoms with Crippen LogP contribution in [0.25, 0.3) is 0 Å². The molecule has 1 aliphatic heterocycles. The molecule has 1 aromatic rings. The van der Waals surface area contributed by atoms with Crippen molar-refractivity contribution in [3.8, 4) is 6.07 Å². The van der Waals surface area contributed by atoms with Crippen LogP contribution in [0.5, 0.6) is 0 Å². The lowest BCUT2D eigenvalue weighted by Gasteiger charge is -2.24. The zero-order chi connectivity index (χ0) is 12.4. The molecule has 1 aromatic heterocycles. The third-order valence-corrected chi connectivity index (χ3v) is 3.23. The average Bonchev–Trinajstić information content (AvgIpc) is 2.70. The van der Waals surface area contributed by atoms with Crippen LogP contribution in [0.2, 0.25) is 0 Å². The van der Waals surface area contributed by atoms with Gasteiger partial charge in [-0.15, -0.1) is 0 Å². The molecule has 2 heterocycles. The Morgan fingerprint density at radius 1 is 1.71 bits per heavy atom. The number of pyridine rings is 1. The second kappa shape index (κ2) is 4.98. The topological polar surface area (TPSA) is 60.2 Å². The van der Waals surface area contributed by atoms with Gasteiger partial charge in [0.15, 0.2) is 0 Å². The highest BCUT2D eigenvalue weighted by atomic mass is 79.9. The fourth-order valence-corrected chi connectivity index (χ4v) is 2.37. The standard InChI is InChI=1S/C11H11BrFN3O/c12-8-1-7(3-14)11(15-4-8)16-5-9(13)2-10(16)6-17/h1,4,9-10,17H,2,5-6H2. The predicted octanol–water partition coefficient (Wildman–Crippen LogP) is 1.62. The Bertz CT molecular complexity index is 463. The summed E-state index contributed by atoms with van der Waals surface area (Å²) < 4.78 is 14.0. The highest BCUT2D eigenvalue weighted by molar-refractivity contribution is 9.10. The number of hydrogen-bond acceptors (Lipinski definition) is 4. The number of nitrogens with zero attached hydrogens (tertiary/aromatic N) is 3. The van der Waals surface area contributed by atoms with E-state index in [0.717, 1.165) is 0 Å². The Hall–Kier alpha value is -1.19. The molecular formula is C11H11BrFN3O. The first-order valence-corrected chi connectivity index (χ1v) is 6.02. The minimum atomic E-state index is -0.982. The first kappa shape index (κ1) is 12.3. The molecule has 0 aromatic carbocycles. The van der Waals surface area contributed by atoms with E-state index in [1.165, 1.54) is 0 Å². The molecule has 0 radical (unpaired) electrons. The van der Waals surface area contributed by atoms with Crippen LogP contribution < -0.4 is 4.90 Å². The molecule has 17 heavy (non-hydrogen) atoms. The summed E-state index contributed by atoms with van der Waals surface area (Å²) >= 11 is 3.23. The molecule has 90 valence electrons. The quantitative estimate of drug-likeness (QED) is 0.901. The fourth-order valence-electron chi connectivity index (χ4n) is 2.04. The van der Waals surface area contributed by atoms with Gasteiger partial charge in [-0.05, 0) is 22.0 Å². The fraction of sp³-hybridized carbons (Fsp3) is 0.455. The number of rotatable bonds is 2. The normalized spacial score (nSPS) is 23.8. The van der Waals surface area contributed by atoms with E-state index in [2.05, 4.69) is 20.9 Å². The highest BCUT2D eigenvalue weighted by Crippen LogP contribution is 2.29. The van der Waals surface area contributed by atoms with Gasteiger partial charge in [-0.25, -0.2) is 9.37 Å². The summed E-state index contributed by atoms with van der Waals surface area (Å²) in [5, 5.41) is 18.2. The summed E-state index contributed by atoms with van der Waals surface area (Å²) in [5.41, 5.74) is 0.381. The number of anilines is 1. The van der Waals surface area contributed by atoms with Crippen molar-refractivity contribution < 1.29 is 9.50 Å². The van der Waals surface area contributed by atoms with Gasteiger partial charge in [0, 0.05) is 17.1 Å². The molecule has 0 aliphatic carbocycles. The Labute approximate surface area is 107 Å². The van der Waals surface area contributed by atoms with Gasteiger partial charge in [-0.3, -0.25) is 0 Å². The maximum absolute atomic E-state index is 13.3. The molecule has 1 N–H and O–H groups in total. The summed E-state index contributed by atoms with van der Waals surface area (Å²) in [6.45, 7) is 0.0393. The summed E-state index contributed by atoms with van der Waals surface area (Å²) in [6.07, 6.45) is 0.860. The van der Waals surface area contributed by atoms with Crippen molar-refractivity contribution in [1.82, 2.24) is 4.98 Å². The van der Waals surface area contributed by atoms with E-state index in [-0.39, 0.29) is 25.6 Å². The Balaban J connectivity index is 2.37. The van der Waals surface area contributed by atoms with E-state index in [1.54, 1.807) is 17.2 Å². The third kappa shape index (κ3) is 2.40. The van der Waals surface area contributed by atoms with Gasteiger partial charge in [-0.2, -0.15) is 5.26 Å². The molecule has 1 saturated heterocycles. The van der Waals surface area contributed by atoms with Gasteiger partial charge in [0.05, 0.1) is 24.8 Å². The number of alkyl halides is 1. The van der Waals surface area contributed by atoms with E-state index in [9.17, 15) is 9.50 Å². The van der Waals surface area contributed by atoms with Gasteiger partial charge in [0.1, 0.15) is 18.1 Å². The highest BCUT2D eigenvalue weighted by Gasteiger charge is 2.33. The lowest BCUT2D eigenvalue weighted by atomic mass is 10.2. The van der Waals surface area contributed by atoms with Crippen molar-refractivity contribution in [1.29, 1.82) is 5.26 Å². The van der Waals surface area contributed by atoms with Crippen molar-refractivity contribution in [2.24, 2.45) is 0 Å². The SMILES string of the molecule is N#Cc1cc(Br)cnc1N1CC(F)CC1CO. The molecule has 2 unspecified atom stereocenters. The summed E-state index contributed by atoms with van der Waals surface area (Å²) in [7, 11) is 0. The van der Waals surface area contributed by atoms with Gasteiger partial charge in [0.2, 0.25) is 0 Å². The molecule has 0 amide bonds. The molecule has 0 bridgehead atoms. The van der Waals surface area contributed by atoms with Crippen LogP contribution in [0, 0.1) is 11.3 Å². The molecule has 0 spiro atoms. The number of halogens is 2. The number of nitriles is 1. The van der Waals surface area contributed by atoms with Crippen LogP contribution in [0.4, 0.5) is 10.2 Å². The lowest BCUT2D eigenvalue weighted by molar-refractivity contribution is 0.255. The molecule has 2 atom stereocenters. The zero-order valence-electron chi connectivity index (χ0n) is 8.98. The lowest BCUT2D eigenvalue weighted by Crippen LogP contribution is -2.33. The molecular weight excluding hydrogens is 289 g/mol. The van der Waals surface area contributed by atoms with Gasteiger partial charge < -0.3 is 10.0 Å². The van der Waals surface area contributed by atoms with E-state index in [1.807, 2.05) is 6.07 Å². The molecule has 0 saturated carbocycles. The molecule has 1 aliphatic rings. The van der Waals surface area contributed by atoms with E-state index in [4.69, 9.17) is 5.26 Å². The Kier molecular flexibility index (Phi) is 3.60. The van der Waals surface area contributed by atoms with Crippen LogP contribution >= 0.6 is 15.9 Å². The minimum absolute atomic E-state index is 0.136. The zero-order valence-corrected chi connectivity index (χ0v) is 10.6. The first-order valence-electron chi connectivity index (χ1n) is 5.23. The summed E-state index contributed by atoms with van der Waals surface area (Å²) in [6, 6.07) is 3.38. The molecule has 4 nitrogen and oxygen atoms in total. The average molecular weight is 300 g/mol. The second-order valence-corrected chi connectivity index (χ2v) is 4.87. The van der Waals surface area contributed by atoms with Crippen LogP contribution in [-0.4, -0.2) is 35.5 Å². The van der Waals surface area contributed by atoms with Gasteiger partial charge >= 0.3 is 0 Å². The van der Waals surface area contributed by atoms with E-state index in [0.29, 0.717) is 15.9 Å². The van der Waals surface area contributed by atoms with Crippen molar-refractivity contribution in [2.75, 3.05) is 18.1 Å². The summed E-state index contributed by atoms with van der Waals surface area (Å²) in [5.74, 6) is 0.440. The number of aliphatic hydroxyl groups is 1. The first-order chi connectivity index (χ1) is 8.15. The van der Waals surface area contributed by atoms with Crippen LogP contribution in [0.15, 0.2) is 16.7 Å². The van der Waals surface area contributed by atoms with E-state index >= 15 is 0 Å². The maximum atomic E-state index is 13.3. The monoisotopic (exact) mass is 299 g/mol. The predicted molar refractivity (Wildman–Crippen MR) is 64.4 cm³/mol. The van der Waals surface area contributed by atoms with Gasteiger partial charge in [0.25, 0.3) is 0 Å². The molecule has 2 rings (SSSR count). The van der Waals surface area contributed by atoms with Gasteiger partial charge in [-0.1, -0.05) is 0 Å². The maximum Gasteiger partial charge on any atom is 0.146 e. The number of hydrogen-bond donors (Lipinski definition) is 1.